The summed E-state index contributed by atoms with van der Waals surface area (Å²) < 4.78 is 22.1. The molecule has 0 aliphatic heterocycles. The van der Waals surface area contributed by atoms with Crippen molar-refractivity contribution < 1.29 is 23.3 Å². The maximum absolute atomic E-state index is 12.5. The molecule has 2 heterocycles. The van der Waals surface area contributed by atoms with Gasteiger partial charge in [0.05, 0.1) is 0 Å². The highest BCUT2D eigenvalue weighted by Gasteiger charge is 2.16. The van der Waals surface area contributed by atoms with Crippen LogP contribution in [0, 0.1) is 0 Å². The van der Waals surface area contributed by atoms with E-state index < -0.39 is 5.97 Å². The van der Waals surface area contributed by atoms with Gasteiger partial charge in [-0.3, -0.25) is 0 Å². The summed E-state index contributed by atoms with van der Waals surface area (Å²) in [6.07, 6.45) is 0. The molecule has 0 N–H and O–H groups in total. The highest BCUT2D eigenvalue weighted by Crippen LogP contribution is 2.24. The lowest BCUT2D eigenvalue weighted by Gasteiger charge is -2.10. The fourth-order valence-electron chi connectivity index (χ4n) is 3.36. The molecule has 0 aliphatic carbocycles. The van der Waals surface area contributed by atoms with E-state index in [1.54, 1.807) is 6.07 Å². The Morgan fingerprint density at radius 2 is 1.32 bits per heavy atom. The first kappa shape index (κ1) is 21.2. The van der Waals surface area contributed by atoms with Crippen LogP contribution in [0.4, 0.5) is 0 Å². The minimum absolute atomic E-state index is 0.0244. The zero-order chi connectivity index (χ0) is 23.2. The van der Waals surface area contributed by atoms with E-state index in [1.165, 1.54) is 0 Å². The average Bonchev–Trinajstić information content (AvgIpc) is 3.58. The van der Waals surface area contributed by atoms with E-state index in [9.17, 15) is 4.79 Å². The van der Waals surface area contributed by atoms with Crippen LogP contribution in [0.2, 0.25) is 0 Å². The van der Waals surface area contributed by atoms with Crippen molar-refractivity contribution in [2.45, 2.75) is 13.2 Å². The minimum atomic E-state index is -0.579. The zero-order valence-corrected chi connectivity index (χ0v) is 18.1. The summed E-state index contributed by atoms with van der Waals surface area (Å²) in [5.74, 6) is 1.18. The normalized spacial score (nSPS) is 10.7. The summed E-state index contributed by atoms with van der Waals surface area (Å²) in [6.45, 7) is 0.238. The summed E-state index contributed by atoms with van der Waals surface area (Å²) in [5, 5.41) is 7.91. The van der Waals surface area contributed by atoms with Gasteiger partial charge >= 0.3 is 5.97 Å². The molecule has 34 heavy (non-hydrogen) atoms. The lowest BCUT2D eigenvalue weighted by atomic mass is 10.1. The third-order valence-electron chi connectivity index (χ3n) is 5.10. The molecule has 0 atom stereocenters. The first-order valence-electron chi connectivity index (χ1n) is 10.7. The summed E-state index contributed by atoms with van der Waals surface area (Å²) in [4.78, 5) is 12.5. The number of aromatic nitrogens is 2. The second-order valence-electron chi connectivity index (χ2n) is 7.46. The fraction of sp³-hybridized carbons (Fsp3) is 0.0741. The molecule has 0 radical (unpaired) electrons. The Morgan fingerprint density at radius 1 is 0.706 bits per heavy atom. The molecular formula is C27H20N2O5. The summed E-state index contributed by atoms with van der Waals surface area (Å²) in [6, 6.07) is 29.9. The first-order valence-corrected chi connectivity index (χ1v) is 10.7. The molecule has 5 aromatic rings. The van der Waals surface area contributed by atoms with Gasteiger partial charge < -0.3 is 18.5 Å². The van der Waals surface area contributed by atoms with Crippen molar-refractivity contribution in [2.24, 2.45) is 0 Å². The van der Waals surface area contributed by atoms with Crippen molar-refractivity contribution in [3.63, 3.8) is 0 Å². The van der Waals surface area contributed by atoms with Gasteiger partial charge in [-0.15, -0.1) is 0 Å². The van der Waals surface area contributed by atoms with Crippen LogP contribution in [-0.2, 0) is 18.0 Å². The van der Waals surface area contributed by atoms with Crippen LogP contribution in [0.1, 0.15) is 21.7 Å². The van der Waals surface area contributed by atoms with Gasteiger partial charge in [-0.2, -0.15) is 0 Å². The number of carbonyl (C=O) groups excluding carboxylic acids is 1. The molecule has 5 rings (SSSR count). The van der Waals surface area contributed by atoms with Gasteiger partial charge in [0.15, 0.2) is 17.2 Å². The molecule has 7 nitrogen and oxygen atoms in total. The first-order chi connectivity index (χ1) is 16.8. The molecule has 0 spiro atoms. The molecule has 0 saturated carbocycles. The van der Waals surface area contributed by atoms with Crippen LogP contribution in [0.25, 0.3) is 22.6 Å². The lowest BCUT2D eigenvalue weighted by Crippen LogP contribution is -2.07. The van der Waals surface area contributed by atoms with Gasteiger partial charge in [-0.1, -0.05) is 89.2 Å². The van der Waals surface area contributed by atoms with E-state index in [0.717, 1.165) is 16.7 Å². The molecule has 0 bridgehead atoms. The molecule has 7 heteroatoms. The van der Waals surface area contributed by atoms with Crippen LogP contribution in [0.5, 0.6) is 5.75 Å². The highest BCUT2D eigenvalue weighted by molar-refractivity contribution is 5.88. The van der Waals surface area contributed by atoms with Crippen molar-refractivity contribution in [3.05, 3.63) is 114 Å². The topological polar surface area (TPSA) is 87.6 Å². The molecule has 0 amide bonds. The van der Waals surface area contributed by atoms with Gasteiger partial charge in [0, 0.05) is 28.8 Å². The second kappa shape index (κ2) is 9.87. The lowest BCUT2D eigenvalue weighted by molar-refractivity contribution is 0.0457. The average molecular weight is 452 g/mol. The van der Waals surface area contributed by atoms with E-state index in [1.807, 2.05) is 91.0 Å². The maximum atomic E-state index is 12.5. The number of para-hydroxylation sites is 1. The van der Waals surface area contributed by atoms with E-state index in [4.69, 9.17) is 18.5 Å². The quantitative estimate of drug-likeness (QED) is 0.270. The van der Waals surface area contributed by atoms with Gasteiger partial charge in [-0.25, -0.2) is 4.79 Å². The van der Waals surface area contributed by atoms with Crippen molar-refractivity contribution >= 4 is 5.97 Å². The Hall–Kier alpha value is -4.65. The molecular weight excluding hydrogens is 432 g/mol. The van der Waals surface area contributed by atoms with Crippen molar-refractivity contribution in [1.29, 1.82) is 0 Å². The van der Waals surface area contributed by atoms with Crippen molar-refractivity contribution in [3.8, 4) is 28.4 Å². The largest absolute Gasteiger partial charge is 0.487 e. The molecule has 0 fully saturated rings. The Kier molecular flexibility index (Phi) is 6.16. The number of ether oxygens (including phenoxy) is 2. The maximum Gasteiger partial charge on any atom is 0.360 e. The van der Waals surface area contributed by atoms with Crippen LogP contribution >= 0.6 is 0 Å². The number of hydrogen-bond acceptors (Lipinski definition) is 7. The smallest absolute Gasteiger partial charge is 0.360 e. The predicted octanol–water partition coefficient (Wildman–Crippen LogP) is 5.93. The molecule has 2 aromatic heterocycles. The minimum Gasteiger partial charge on any atom is -0.487 e. The highest BCUT2D eigenvalue weighted by atomic mass is 16.5. The van der Waals surface area contributed by atoms with E-state index in [-0.39, 0.29) is 18.9 Å². The third kappa shape index (κ3) is 4.88. The molecule has 0 saturated heterocycles. The Balaban J connectivity index is 1.21. The van der Waals surface area contributed by atoms with E-state index in [0.29, 0.717) is 23.0 Å². The van der Waals surface area contributed by atoms with Gasteiger partial charge in [-0.05, 0) is 6.07 Å². The predicted molar refractivity (Wildman–Crippen MR) is 124 cm³/mol. The molecule has 3 aromatic carbocycles. The van der Waals surface area contributed by atoms with Gasteiger partial charge in [0.1, 0.15) is 24.7 Å². The van der Waals surface area contributed by atoms with Crippen LogP contribution < -0.4 is 4.74 Å². The summed E-state index contributed by atoms with van der Waals surface area (Å²) in [5.41, 5.74) is 3.25. The van der Waals surface area contributed by atoms with Gasteiger partial charge in [0.25, 0.3) is 0 Å². The SMILES string of the molecule is O=C(OCc1ccccc1OCc1cc(-c2ccccc2)on1)c1cc(-c2ccccc2)on1. The third-order valence-corrected chi connectivity index (χ3v) is 5.10. The van der Waals surface area contributed by atoms with Crippen LogP contribution in [0.3, 0.4) is 0 Å². The number of nitrogens with zero attached hydrogens (tertiary/aromatic N) is 2. The number of carbonyl (C=O) groups is 1. The Labute approximate surface area is 195 Å². The van der Waals surface area contributed by atoms with Crippen molar-refractivity contribution in [2.75, 3.05) is 0 Å². The monoisotopic (exact) mass is 452 g/mol. The number of rotatable bonds is 8. The van der Waals surface area contributed by atoms with Crippen LogP contribution in [0.15, 0.2) is 106 Å². The summed E-state index contributed by atoms with van der Waals surface area (Å²) >= 11 is 0. The molecule has 0 aliphatic rings. The number of esters is 1. The number of benzene rings is 3. The molecule has 0 unspecified atom stereocenters. The van der Waals surface area contributed by atoms with E-state index >= 15 is 0 Å². The van der Waals surface area contributed by atoms with Crippen LogP contribution in [-0.4, -0.2) is 16.3 Å². The summed E-state index contributed by atoms with van der Waals surface area (Å²) in [7, 11) is 0. The Morgan fingerprint density at radius 3 is 2.06 bits per heavy atom. The zero-order valence-electron chi connectivity index (χ0n) is 18.1. The van der Waals surface area contributed by atoms with E-state index in [2.05, 4.69) is 10.3 Å². The van der Waals surface area contributed by atoms with Gasteiger partial charge in [0.2, 0.25) is 0 Å². The van der Waals surface area contributed by atoms with Crippen molar-refractivity contribution in [1.82, 2.24) is 10.3 Å². The Bertz CT molecular complexity index is 1380. The molecule has 168 valence electrons. The second-order valence-corrected chi connectivity index (χ2v) is 7.46. The standard InChI is InChI=1S/C27H20N2O5/c30-27(23-16-26(34-29-23)20-11-5-2-6-12-20)32-17-21-13-7-8-14-24(21)31-18-22-15-25(33-28-22)19-9-3-1-4-10-19/h1-16H,17-18H2. The fourth-order valence-corrected chi connectivity index (χ4v) is 3.36. The number of hydrogen-bond donors (Lipinski definition) is 0.